The number of alkyl halides is 3. The molecule has 0 saturated heterocycles. The highest BCUT2D eigenvalue weighted by Crippen LogP contribution is 2.32. The zero-order chi connectivity index (χ0) is 27.4. The van der Waals surface area contributed by atoms with E-state index in [4.69, 9.17) is 5.73 Å². The third-order valence-electron chi connectivity index (χ3n) is 5.54. The van der Waals surface area contributed by atoms with Crippen molar-refractivity contribution >= 4 is 17.6 Å². The summed E-state index contributed by atoms with van der Waals surface area (Å²) in [5, 5.41) is 6.73. The SMILES string of the molecule is NC(=O)C(=O)C(Cc1ccc(F)cc1)NC(=O)c1cccnc1-n1ccc(-c2cccc(C(F)(F)F)c2)n1. The van der Waals surface area contributed by atoms with Crippen LogP contribution in [0.5, 0.6) is 0 Å². The standard InChI is InChI=1S/C26H19F4N5O3/c27-18-8-6-15(7-9-18)13-21(22(36)23(31)37)33-25(38)19-5-2-11-32-24(19)35-12-10-20(34-35)16-3-1-4-17(14-16)26(28,29)30/h1-12,14,21H,13H2,(H2,31,37)(H,33,38). The molecule has 3 N–H and O–H groups in total. The summed E-state index contributed by atoms with van der Waals surface area (Å²) < 4.78 is 53.8. The maximum Gasteiger partial charge on any atom is 0.416 e. The molecule has 0 fully saturated rings. The summed E-state index contributed by atoms with van der Waals surface area (Å²) in [5.74, 6) is -3.58. The average molecular weight is 525 g/mol. The van der Waals surface area contributed by atoms with Crippen LogP contribution in [0.15, 0.2) is 79.1 Å². The fourth-order valence-electron chi connectivity index (χ4n) is 3.68. The van der Waals surface area contributed by atoms with E-state index >= 15 is 0 Å². The van der Waals surface area contributed by atoms with Gasteiger partial charge in [-0.2, -0.15) is 18.3 Å². The molecule has 38 heavy (non-hydrogen) atoms. The molecule has 4 rings (SSSR count). The van der Waals surface area contributed by atoms with Crippen molar-refractivity contribution in [2.24, 2.45) is 5.73 Å². The third-order valence-corrected chi connectivity index (χ3v) is 5.54. The summed E-state index contributed by atoms with van der Waals surface area (Å²) in [5.41, 5.74) is 5.14. The highest BCUT2D eigenvalue weighted by molar-refractivity contribution is 6.38. The lowest BCUT2D eigenvalue weighted by Crippen LogP contribution is -2.47. The zero-order valence-electron chi connectivity index (χ0n) is 19.4. The van der Waals surface area contributed by atoms with Crippen LogP contribution in [-0.4, -0.2) is 38.4 Å². The molecule has 0 bridgehead atoms. The van der Waals surface area contributed by atoms with Crippen LogP contribution >= 0.6 is 0 Å². The molecule has 8 nitrogen and oxygen atoms in total. The van der Waals surface area contributed by atoms with Gasteiger partial charge in [-0.15, -0.1) is 0 Å². The normalized spacial score (nSPS) is 12.1. The first-order valence-electron chi connectivity index (χ1n) is 11.1. The summed E-state index contributed by atoms with van der Waals surface area (Å²) in [6.45, 7) is 0. The average Bonchev–Trinajstić information content (AvgIpc) is 3.39. The van der Waals surface area contributed by atoms with Crippen LogP contribution in [0.1, 0.15) is 21.5 Å². The van der Waals surface area contributed by atoms with Gasteiger partial charge in [-0.1, -0.05) is 24.3 Å². The molecule has 2 aromatic carbocycles. The smallest absolute Gasteiger partial charge is 0.363 e. The Kier molecular flexibility index (Phi) is 7.33. The van der Waals surface area contributed by atoms with Crippen LogP contribution in [0.25, 0.3) is 17.1 Å². The van der Waals surface area contributed by atoms with Gasteiger partial charge in [0.25, 0.3) is 11.8 Å². The Bertz CT molecular complexity index is 1500. The summed E-state index contributed by atoms with van der Waals surface area (Å²) in [6, 6.07) is 12.7. The van der Waals surface area contributed by atoms with E-state index in [0.717, 1.165) is 12.1 Å². The molecule has 0 radical (unpaired) electrons. The topological polar surface area (TPSA) is 120 Å². The summed E-state index contributed by atoms with van der Waals surface area (Å²) in [7, 11) is 0. The van der Waals surface area contributed by atoms with Crippen molar-refractivity contribution in [3.05, 3.63) is 102 Å². The Morgan fingerprint density at radius 2 is 1.74 bits per heavy atom. The lowest BCUT2D eigenvalue weighted by molar-refractivity contribution is -0.137. The number of hydrogen-bond acceptors (Lipinski definition) is 5. The van der Waals surface area contributed by atoms with E-state index in [2.05, 4.69) is 15.4 Å². The van der Waals surface area contributed by atoms with E-state index in [1.54, 1.807) is 0 Å². The number of Topliss-reactive ketones (excluding diaryl/α,β-unsaturated/α-hetero) is 1. The number of nitrogens with zero attached hydrogens (tertiary/aromatic N) is 3. The van der Waals surface area contributed by atoms with Crippen LogP contribution in [0.2, 0.25) is 0 Å². The van der Waals surface area contributed by atoms with Gasteiger partial charge in [0.05, 0.1) is 16.8 Å². The lowest BCUT2D eigenvalue weighted by atomic mass is 10.0. The molecular weight excluding hydrogens is 506 g/mol. The first-order valence-corrected chi connectivity index (χ1v) is 11.1. The summed E-state index contributed by atoms with van der Waals surface area (Å²) in [4.78, 5) is 41.3. The zero-order valence-corrected chi connectivity index (χ0v) is 19.4. The van der Waals surface area contributed by atoms with Crippen molar-refractivity contribution in [2.75, 3.05) is 0 Å². The fourth-order valence-corrected chi connectivity index (χ4v) is 3.68. The number of pyridine rings is 1. The minimum Gasteiger partial charge on any atom is -0.363 e. The molecule has 4 aromatic rings. The van der Waals surface area contributed by atoms with Crippen LogP contribution in [-0.2, 0) is 22.2 Å². The number of amides is 2. The van der Waals surface area contributed by atoms with Crippen LogP contribution < -0.4 is 11.1 Å². The van der Waals surface area contributed by atoms with Crippen molar-refractivity contribution in [1.82, 2.24) is 20.1 Å². The van der Waals surface area contributed by atoms with Crippen molar-refractivity contribution in [2.45, 2.75) is 18.6 Å². The van der Waals surface area contributed by atoms with Gasteiger partial charge in [-0.05, 0) is 48.0 Å². The minimum atomic E-state index is -4.53. The van der Waals surface area contributed by atoms with Gasteiger partial charge in [0, 0.05) is 24.4 Å². The van der Waals surface area contributed by atoms with Crippen LogP contribution in [0.4, 0.5) is 17.6 Å². The second-order valence-corrected chi connectivity index (χ2v) is 8.18. The van der Waals surface area contributed by atoms with Gasteiger partial charge >= 0.3 is 6.18 Å². The molecule has 0 saturated carbocycles. The Labute approximate surface area is 213 Å². The van der Waals surface area contributed by atoms with Gasteiger partial charge in [0.2, 0.25) is 5.78 Å². The Balaban J connectivity index is 1.62. The Morgan fingerprint density at radius 1 is 1.00 bits per heavy atom. The monoisotopic (exact) mass is 525 g/mol. The van der Waals surface area contributed by atoms with E-state index < -0.39 is 41.2 Å². The minimum absolute atomic E-state index is 0.0234. The van der Waals surface area contributed by atoms with E-state index in [0.29, 0.717) is 5.56 Å². The van der Waals surface area contributed by atoms with Crippen LogP contribution in [0, 0.1) is 5.82 Å². The number of aromatic nitrogens is 3. The number of ketones is 1. The highest BCUT2D eigenvalue weighted by atomic mass is 19.4. The van der Waals surface area contributed by atoms with E-state index in [1.165, 1.54) is 71.7 Å². The molecule has 2 amide bonds. The number of carbonyl (C=O) groups excluding carboxylic acids is 3. The number of benzene rings is 2. The summed E-state index contributed by atoms with van der Waals surface area (Å²) in [6.07, 6.45) is -1.87. The number of primary amides is 1. The molecule has 0 aliphatic carbocycles. The first-order chi connectivity index (χ1) is 18.0. The Morgan fingerprint density at radius 3 is 2.42 bits per heavy atom. The van der Waals surface area contributed by atoms with Gasteiger partial charge in [-0.3, -0.25) is 14.4 Å². The number of rotatable bonds is 8. The maximum absolute atomic E-state index is 13.3. The largest absolute Gasteiger partial charge is 0.416 e. The van der Waals surface area contributed by atoms with E-state index in [9.17, 15) is 31.9 Å². The van der Waals surface area contributed by atoms with Crippen molar-refractivity contribution in [3.63, 3.8) is 0 Å². The second-order valence-electron chi connectivity index (χ2n) is 8.18. The molecule has 0 aliphatic heterocycles. The molecule has 2 aromatic heterocycles. The van der Waals surface area contributed by atoms with E-state index in [1.807, 2.05) is 0 Å². The van der Waals surface area contributed by atoms with Gasteiger partial charge in [0.15, 0.2) is 5.82 Å². The quantitative estimate of drug-likeness (QED) is 0.270. The predicted molar refractivity (Wildman–Crippen MR) is 127 cm³/mol. The molecule has 1 unspecified atom stereocenters. The number of nitrogens with one attached hydrogen (secondary N) is 1. The molecule has 0 aliphatic rings. The fraction of sp³-hybridized carbons (Fsp3) is 0.115. The number of carbonyl (C=O) groups is 3. The third kappa shape index (κ3) is 5.91. The van der Waals surface area contributed by atoms with E-state index in [-0.39, 0.29) is 29.1 Å². The molecule has 2 heterocycles. The molecular formula is C26H19F4N5O3. The highest BCUT2D eigenvalue weighted by Gasteiger charge is 2.31. The molecule has 12 heteroatoms. The molecule has 0 spiro atoms. The summed E-state index contributed by atoms with van der Waals surface area (Å²) >= 11 is 0. The van der Waals surface area contributed by atoms with Gasteiger partial charge in [0.1, 0.15) is 11.9 Å². The number of hydrogen-bond donors (Lipinski definition) is 2. The Hall–Kier alpha value is -4.87. The predicted octanol–water partition coefficient (Wildman–Crippen LogP) is 3.49. The van der Waals surface area contributed by atoms with Crippen molar-refractivity contribution in [3.8, 4) is 17.1 Å². The van der Waals surface area contributed by atoms with Crippen LogP contribution in [0.3, 0.4) is 0 Å². The number of nitrogens with two attached hydrogens (primary N) is 1. The molecule has 194 valence electrons. The maximum atomic E-state index is 13.3. The molecule has 1 atom stereocenters. The van der Waals surface area contributed by atoms with Gasteiger partial charge < -0.3 is 11.1 Å². The lowest BCUT2D eigenvalue weighted by Gasteiger charge is -2.17. The second kappa shape index (κ2) is 10.6. The number of halogens is 4. The van der Waals surface area contributed by atoms with Crippen molar-refractivity contribution < 1.29 is 31.9 Å². The first kappa shape index (κ1) is 26.2. The van der Waals surface area contributed by atoms with Gasteiger partial charge in [-0.25, -0.2) is 14.1 Å². The van der Waals surface area contributed by atoms with Crippen molar-refractivity contribution in [1.29, 1.82) is 0 Å².